The van der Waals surface area contributed by atoms with Crippen LogP contribution in [0.5, 0.6) is 0 Å². The molecule has 14 heavy (non-hydrogen) atoms. The number of hydrogen-bond acceptors (Lipinski definition) is 3. The van der Waals surface area contributed by atoms with E-state index in [1.807, 2.05) is 17.7 Å². The van der Waals surface area contributed by atoms with Gasteiger partial charge in [-0.3, -0.25) is 4.79 Å². The fraction of sp³-hybridized carbons (Fsp3) is 0.556. The van der Waals surface area contributed by atoms with Crippen LogP contribution in [0.25, 0.3) is 0 Å². The lowest BCUT2D eigenvalue weighted by Gasteiger charge is -2.17. The SMILES string of the molecule is CC(Cn1ccnc1)NC(C)C(N)=O. The van der Waals surface area contributed by atoms with Crippen molar-refractivity contribution in [1.29, 1.82) is 0 Å². The standard InChI is InChI=1S/C9H16N4O/c1-7(12-8(2)9(10)14)5-13-4-3-11-6-13/h3-4,6-8,12H,5H2,1-2H3,(H2,10,14). The highest BCUT2D eigenvalue weighted by atomic mass is 16.1. The summed E-state index contributed by atoms with van der Waals surface area (Å²) >= 11 is 0. The second-order valence-corrected chi connectivity index (χ2v) is 3.45. The lowest BCUT2D eigenvalue weighted by Crippen LogP contribution is -2.44. The summed E-state index contributed by atoms with van der Waals surface area (Å²) < 4.78 is 1.95. The molecule has 1 aromatic rings. The lowest BCUT2D eigenvalue weighted by atomic mass is 10.2. The van der Waals surface area contributed by atoms with Gasteiger partial charge in [0.2, 0.25) is 5.91 Å². The Morgan fingerprint density at radius 1 is 1.64 bits per heavy atom. The van der Waals surface area contributed by atoms with Crippen molar-refractivity contribution in [3.8, 4) is 0 Å². The molecule has 1 rings (SSSR count). The van der Waals surface area contributed by atoms with Crippen molar-refractivity contribution in [3.63, 3.8) is 0 Å². The van der Waals surface area contributed by atoms with Crippen molar-refractivity contribution in [2.24, 2.45) is 5.73 Å². The van der Waals surface area contributed by atoms with Gasteiger partial charge in [0.15, 0.2) is 0 Å². The summed E-state index contributed by atoms with van der Waals surface area (Å²) in [6.07, 6.45) is 5.35. The zero-order valence-corrected chi connectivity index (χ0v) is 8.47. The molecule has 5 heteroatoms. The highest BCUT2D eigenvalue weighted by Gasteiger charge is 2.11. The number of carbonyl (C=O) groups excluding carboxylic acids is 1. The van der Waals surface area contributed by atoms with Crippen molar-refractivity contribution in [1.82, 2.24) is 14.9 Å². The van der Waals surface area contributed by atoms with E-state index in [4.69, 9.17) is 5.73 Å². The van der Waals surface area contributed by atoms with Gasteiger partial charge in [-0.25, -0.2) is 4.98 Å². The summed E-state index contributed by atoms with van der Waals surface area (Å²) in [7, 11) is 0. The molecule has 0 radical (unpaired) electrons. The third-order valence-corrected chi connectivity index (χ3v) is 2.01. The van der Waals surface area contributed by atoms with Crippen molar-refractivity contribution < 1.29 is 4.79 Å². The zero-order chi connectivity index (χ0) is 10.6. The Morgan fingerprint density at radius 2 is 2.36 bits per heavy atom. The molecule has 0 saturated heterocycles. The fourth-order valence-corrected chi connectivity index (χ4v) is 1.27. The second kappa shape index (κ2) is 4.76. The van der Waals surface area contributed by atoms with Gasteiger partial charge in [0, 0.05) is 25.0 Å². The average Bonchev–Trinajstić information content (AvgIpc) is 2.56. The van der Waals surface area contributed by atoms with Crippen LogP contribution in [-0.4, -0.2) is 27.5 Å². The number of amides is 1. The molecule has 1 aromatic heterocycles. The number of nitrogens with one attached hydrogen (secondary N) is 1. The number of imidazole rings is 1. The molecule has 1 amide bonds. The van der Waals surface area contributed by atoms with Crippen LogP contribution in [0.3, 0.4) is 0 Å². The first kappa shape index (κ1) is 10.7. The van der Waals surface area contributed by atoms with Gasteiger partial charge < -0.3 is 15.6 Å². The number of nitrogens with two attached hydrogens (primary N) is 1. The van der Waals surface area contributed by atoms with Crippen LogP contribution in [0.1, 0.15) is 13.8 Å². The normalized spacial score (nSPS) is 15.0. The quantitative estimate of drug-likeness (QED) is 0.681. The highest BCUT2D eigenvalue weighted by molar-refractivity contribution is 5.79. The van der Waals surface area contributed by atoms with E-state index in [1.54, 1.807) is 19.4 Å². The van der Waals surface area contributed by atoms with E-state index >= 15 is 0 Å². The molecule has 0 aromatic carbocycles. The molecule has 2 unspecified atom stereocenters. The van der Waals surface area contributed by atoms with Crippen LogP contribution in [0.2, 0.25) is 0 Å². The molecule has 0 bridgehead atoms. The Balaban J connectivity index is 2.36. The van der Waals surface area contributed by atoms with E-state index in [0.29, 0.717) is 0 Å². The molecule has 0 spiro atoms. The monoisotopic (exact) mass is 196 g/mol. The van der Waals surface area contributed by atoms with E-state index in [2.05, 4.69) is 10.3 Å². The number of nitrogens with zero attached hydrogens (tertiary/aromatic N) is 2. The predicted octanol–water partition coefficient (Wildman–Crippen LogP) is -0.265. The molecule has 0 saturated carbocycles. The van der Waals surface area contributed by atoms with E-state index in [9.17, 15) is 4.79 Å². The summed E-state index contributed by atoms with van der Waals surface area (Å²) in [5.41, 5.74) is 5.14. The van der Waals surface area contributed by atoms with Crippen molar-refractivity contribution in [2.45, 2.75) is 32.5 Å². The maximum Gasteiger partial charge on any atom is 0.234 e. The maximum atomic E-state index is 10.8. The number of carbonyl (C=O) groups is 1. The van der Waals surface area contributed by atoms with Crippen LogP contribution in [0, 0.1) is 0 Å². The molecule has 0 aliphatic rings. The molecule has 0 aliphatic carbocycles. The van der Waals surface area contributed by atoms with Gasteiger partial charge in [0.05, 0.1) is 12.4 Å². The third-order valence-electron chi connectivity index (χ3n) is 2.01. The summed E-state index contributed by atoms with van der Waals surface area (Å²) in [6, 6.07) is -0.111. The second-order valence-electron chi connectivity index (χ2n) is 3.45. The van der Waals surface area contributed by atoms with E-state index in [1.165, 1.54) is 0 Å². The van der Waals surface area contributed by atoms with Crippen LogP contribution in [-0.2, 0) is 11.3 Å². The Morgan fingerprint density at radius 3 is 2.86 bits per heavy atom. The van der Waals surface area contributed by atoms with E-state index in [-0.39, 0.29) is 18.0 Å². The maximum absolute atomic E-state index is 10.8. The minimum atomic E-state index is -0.331. The van der Waals surface area contributed by atoms with Crippen molar-refractivity contribution >= 4 is 5.91 Å². The van der Waals surface area contributed by atoms with Gasteiger partial charge in [-0.2, -0.15) is 0 Å². The van der Waals surface area contributed by atoms with Gasteiger partial charge in [-0.1, -0.05) is 0 Å². The van der Waals surface area contributed by atoms with E-state index < -0.39 is 0 Å². The highest BCUT2D eigenvalue weighted by Crippen LogP contribution is 1.93. The number of primary amides is 1. The van der Waals surface area contributed by atoms with Gasteiger partial charge in [-0.05, 0) is 13.8 Å². The first-order valence-electron chi connectivity index (χ1n) is 4.60. The first-order valence-corrected chi connectivity index (χ1v) is 4.60. The average molecular weight is 196 g/mol. The molecule has 2 atom stereocenters. The number of aromatic nitrogens is 2. The summed E-state index contributed by atoms with van der Waals surface area (Å²) in [5, 5.41) is 3.09. The summed E-state index contributed by atoms with van der Waals surface area (Å²) in [4.78, 5) is 14.7. The molecule has 5 nitrogen and oxygen atoms in total. The Labute approximate surface area is 83.3 Å². The number of hydrogen-bond donors (Lipinski definition) is 2. The zero-order valence-electron chi connectivity index (χ0n) is 8.47. The van der Waals surface area contributed by atoms with Crippen molar-refractivity contribution in [3.05, 3.63) is 18.7 Å². The van der Waals surface area contributed by atoms with Crippen molar-refractivity contribution in [2.75, 3.05) is 0 Å². The number of rotatable bonds is 5. The Bertz CT molecular complexity index is 283. The van der Waals surface area contributed by atoms with Gasteiger partial charge in [0.25, 0.3) is 0 Å². The smallest absolute Gasteiger partial charge is 0.234 e. The summed E-state index contributed by atoms with van der Waals surface area (Å²) in [6.45, 7) is 4.53. The molecule has 0 fully saturated rings. The topological polar surface area (TPSA) is 72.9 Å². The molecular formula is C9H16N4O. The van der Waals surface area contributed by atoms with Crippen LogP contribution in [0.4, 0.5) is 0 Å². The van der Waals surface area contributed by atoms with Crippen LogP contribution in [0.15, 0.2) is 18.7 Å². The van der Waals surface area contributed by atoms with Gasteiger partial charge in [0.1, 0.15) is 0 Å². The molecule has 0 aliphatic heterocycles. The minimum absolute atomic E-state index is 0.187. The van der Waals surface area contributed by atoms with Gasteiger partial charge >= 0.3 is 0 Å². The minimum Gasteiger partial charge on any atom is -0.368 e. The summed E-state index contributed by atoms with van der Waals surface area (Å²) in [5.74, 6) is -0.331. The predicted molar refractivity (Wildman–Crippen MR) is 53.5 cm³/mol. The largest absolute Gasteiger partial charge is 0.368 e. The van der Waals surface area contributed by atoms with E-state index in [0.717, 1.165) is 6.54 Å². The Hall–Kier alpha value is -1.36. The third kappa shape index (κ3) is 3.18. The molecule has 78 valence electrons. The van der Waals surface area contributed by atoms with Crippen LogP contribution < -0.4 is 11.1 Å². The molecule has 3 N–H and O–H groups in total. The fourth-order valence-electron chi connectivity index (χ4n) is 1.27. The molecular weight excluding hydrogens is 180 g/mol. The van der Waals surface area contributed by atoms with Crippen LogP contribution >= 0.6 is 0 Å². The Kier molecular flexibility index (Phi) is 3.64. The van der Waals surface area contributed by atoms with Gasteiger partial charge in [-0.15, -0.1) is 0 Å². The first-order chi connectivity index (χ1) is 6.59. The lowest BCUT2D eigenvalue weighted by molar-refractivity contribution is -0.119. The molecule has 1 heterocycles.